The van der Waals surface area contributed by atoms with Crippen molar-refractivity contribution < 1.29 is 33.6 Å². The fourth-order valence-corrected chi connectivity index (χ4v) is 3.91. The molecule has 0 radical (unpaired) electrons. The highest BCUT2D eigenvalue weighted by molar-refractivity contribution is 5.79. The zero-order chi connectivity index (χ0) is 20.5. The summed E-state index contributed by atoms with van der Waals surface area (Å²) in [6.45, 7) is 1.90. The van der Waals surface area contributed by atoms with Crippen LogP contribution in [0.3, 0.4) is 0 Å². The van der Waals surface area contributed by atoms with Crippen LogP contribution in [0.2, 0.25) is 0 Å². The summed E-state index contributed by atoms with van der Waals surface area (Å²) < 4.78 is 28.0. The lowest BCUT2D eigenvalue weighted by atomic mass is 10.0. The first kappa shape index (κ1) is 18.9. The highest BCUT2D eigenvalue weighted by Crippen LogP contribution is 2.40. The number of hydrogen-bond donors (Lipinski definition) is 1. The molecule has 2 atom stereocenters. The predicted octanol–water partition coefficient (Wildman–Crippen LogP) is 1.77. The Balaban J connectivity index is 1.20. The van der Waals surface area contributed by atoms with E-state index in [-0.39, 0.29) is 25.7 Å². The molecule has 30 heavy (non-hydrogen) atoms. The van der Waals surface area contributed by atoms with E-state index >= 15 is 0 Å². The van der Waals surface area contributed by atoms with E-state index in [0.717, 1.165) is 5.56 Å². The van der Waals surface area contributed by atoms with Gasteiger partial charge in [-0.1, -0.05) is 12.1 Å². The molecule has 8 heteroatoms. The molecule has 1 amide bonds. The van der Waals surface area contributed by atoms with Crippen molar-refractivity contribution in [1.29, 1.82) is 0 Å². The number of carbonyl (C=O) groups is 1. The van der Waals surface area contributed by atoms with Crippen LogP contribution in [0.25, 0.3) is 0 Å². The molecule has 0 unspecified atom stereocenters. The lowest BCUT2D eigenvalue weighted by molar-refractivity contribution is -0.136. The second kappa shape index (κ2) is 7.95. The summed E-state index contributed by atoms with van der Waals surface area (Å²) in [5, 5.41) is 10.6. The molecule has 2 aromatic rings. The molecule has 3 aliphatic heterocycles. The van der Waals surface area contributed by atoms with E-state index < -0.39 is 12.2 Å². The van der Waals surface area contributed by atoms with Crippen LogP contribution in [-0.2, 0) is 11.2 Å². The molecule has 0 aliphatic carbocycles. The molecule has 1 saturated heterocycles. The lowest BCUT2D eigenvalue weighted by Crippen LogP contribution is -2.51. The summed E-state index contributed by atoms with van der Waals surface area (Å²) in [5.41, 5.74) is 0.852. The largest absolute Gasteiger partial charge is 0.486 e. The third-order valence-electron chi connectivity index (χ3n) is 5.47. The number of nitrogens with zero attached hydrogens (tertiary/aromatic N) is 1. The molecule has 158 valence electrons. The lowest BCUT2D eigenvalue weighted by Gasteiger charge is -2.36. The Bertz CT molecular complexity index is 947. The number of piperidine rings is 1. The maximum atomic E-state index is 12.7. The molecule has 0 aromatic heterocycles. The number of fused-ring (bicyclic) bond motifs is 2. The van der Waals surface area contributed by atoms with Gasteiger partial charge in [0, 0.05) is 13.0 Å². The van der Waals surface area contributed by atoms with E-state index in [2.05, 4.69) is 0 Å². The van der Waals surface area contributed by atoms with Crippen LogP contribution in [0.4, 0.5) is 0 Å². The summed E-state index contributed by atoms with van der Waals surface area (Å²) in [4.78, 5) is 14.4. The monoisotopic (exact) mass is 413 g/mol. The Labute approximate surface area is 173 Å². The first-order valence-electron chi connectivity index (χ1n) is 10.1. The smallest absolute Gasteiger partial charge is 0.231 e. The van der Waals surface area contributed by atoms with E-state index in [9.17, 15) is 9.90 Å². The summed E-state index contributed by atoms with van der Waals surface area (Å²) >= 11 is 0. The Morgan fingerprint density at radius 3 is 2.83 bits per heavy atom. The van der Waals surface area contributed by atoms with Crippen molar-refractivity contribution >= 4 is 5.91 Å². The Kier molecular flexibility index (Phi) is 5.00. The van der Waals surface area contributed by atoms with Gasteiger partial charge in [0.15, 0.2) is 23.0 Å². The van der Waals surface area contributed by atoms with Crippen molar-refractivity contribution in [3.8, 4) is 28.7 Å². The van der Waals surface area contributed by atoms with Gasteiger partial charge in [-0.3, -0.25) is 4.79 Å². The third-order valence-corrected chi connectivity index (χ3v) is 5.47. The number of aliphatic hydroxyl groups excluding tert-OH is 1. The number of para-hydroxylation sites is 1. The Hall–Kier alpha value is -3.13. The third kappa shape index (κ3) is 3.70. The maximum Gasteiger partial charge on any atom is 0.231 e. The number of carbonyl (C=O) groups excluding carboxylic acids is 1. The number of likely N-dealkylation sites (tertiary alicyclic amines) is 1. The summed E-state index contributed by atoms with van der Waals surface area (Å²) in [5.74, 6) is 3.07. The van der Waals surface area contributed by atoms with Crippen molar-refractivity contribution in [1.82, 2.24) is 4.90 Å². The molecule has 0 saturated carbocycles. The predicted molar refractivity (Wildman–Crippen MR) is 105 cm³/mol. The number of ether oxygens (including phenoxy) is 5. The summed E-state index contributed by atoms with van der Waals surface area (Å²) in [6, 6.07) is 11.0. The van der Waals surface area contributed by atoms with Gasteiger partial charge in [0.25, 0.3) is 0 Å². The van der Waals surface area contributed by atoms with Crippen LogP contribution in [0.5, 0.6) is 28.7 Å². The SMILES string of the molecule is O=C(Cc1ccc2c(c1)OCO2)N1CC[C@@H](Oc2cccc3c2OCCO3)[C@H](O)C1. The van der Waals surface area contributed by atoms with Gasteiger partial charge in [0.05, 0.1) is 13.0 Å². The van der Waals surface area contributed by atoms with Gasteiger partial charge in [-0.15, -0.1) is 0 Å². The molecule has 1 fully saturated rings. The summed E-state index contributed by atoms with van der Waals surface area (Å²) in [7, 11) is 0. The van der Waals surface area contributed by atoms with E-state index in [1.165, 1.54) is 0 Å². The number of rotatable bonds is 4. The van der Waals surface area contributed by atoms with Crippen LogP contribution in [0, 0.1) is 0 Å². The van der Waals surface area contributed by atoms with Gasteiger partial charge in [-0.05, 0) is 29.8 Å². The number of hydrogen-bond acceptors (Lipinski definition) is 7. The molecule has 8 nitrogen and oxygen atoms in total. The van der Waals surface area contributed by atoms with Crippen molar-refractivity contribution in [2.75, 3.05) is 33.1 Å². The topological polar surface area (TPSA) is 86.7 Å². The van der Waals surface area contributed by atoms with Gasteiger partial charge >= 0.3 is 0 Å². The first-order valence-corrected chi connectivity index (χ1v) is 10.1. The van der Waals surface area contributed by atoms with Crippen LogP contribution >= 0.6 is 0 Å². The van der Waals surface area contributed by atoms with Crippen molar-refractivity contribution in [2.24, 2.45) is 0 Å². The second-order valence-corrected chi connectivity index (χ2v) is 7.50. The van der Waals surface area contributed by atoms with Gasteiger partial charge in [0.2, 0.25) is 18.4 Å². The van der Waals surface area contributed by atoms with E-state index in [1.54, 1.807) is 11.0 Å². The molecule has 2 aromatic carbocycles. The van der Waals surface area contributed by atoms with Crippen LogP contribution in [-0.4, -0.2) is 61.2 Å². The van der Waals surface area contributed by atoms with Crippen LogP contribution in [0.1, 0.15) is 12.0 Å². The number of β-amino-alcohol motifs (C(OH)–C–C–N with tert-alkyl or cyclic N) is 1. The number of amides is 1. The molecule has 3 aliphatic rings. The summed E-state index contributed by atoms with van der Waals surface area (Å²) in [6.07, 6.45) is -0.443. The average Bonchev–Trinajstić information content (AvgIpc) is 3.23. The normalized spacial score (nSPS) is 22.0. The van der Waals surface area contributed by atoms with E-state index in [1.807, 2.05) is 30.3 Å². The molecule has 3 heterocycles. The molecular weight excluding hydrogens is 390 g/mol. The maximum absolute atomic E-state index is 12.7. The first-order chi connectivity index (χ1) is 14.7. The zero-order valence-electron chi connectivity index (χ0n) is 16.4. The van der Waals surface area contributed by atoms with E-state index in [0.29, 0.717) is 54.9 Å². The highest BCUT2D eigenvalue weighted by Gasteiger charge is 2.33. The molecular formula is C22H23NO7. The van der Waals surface area contributed by atoms with Crippen molar-refractivity contribution in [3.63, 3.8) is 0 Å². The average molecular weight is 413 g/mol. The number of aliphatic hydroxyl groups is 1. The fraction of sp³-hybridized carbons (Fsp3) is 0.409. The fourth-order valence-electron chi connectivity index (χ4n) is 3.91. The minimum Gasteiger partial charge on any atom is -0.486 e. The Morgan fingerprint density at radius 1 is 1.07 bits per heavy atom. The zero-order valence-corrected chi connectivity index (χ0v) is 16.4. The van der Waals surface area contributed by atoms with Crippen molar-refractivity contribution in [2.45, 2.75) is 25.0 Å². The van der Waals surface area contributed by atoms with E-state index in [4.69, 9.17) is 23.7 Å². The molecule has 0 spiro atoms. The van der Waals surface area contributed by atoms with Crippen LogP contribution in [0.15, 0.2) is 36.4 Å². The van der Waals surface area contributed by atoms with Gasteiger partial charge in [-0.2, -0.15) is 0 Å². The quantitative estimate of drug-likeness (QED) is 0.818. The molecule has 1 N–H and O–H groups in total. The molecule has 0 bridgehead atoms. The second-order valence-electron chi connectivity index (χ2n) is 7.50. The van der Waals surface area contributed by atoms with Crippen molar-refractivity contribution in [3.05, 3.63) is 42.0 Å². The number of benzene rings is 2. The van der Waals surface area contributed by atoms with Gasteiger partial charge in [-0.25, -0.2) is 0 Å². The minimum absolute atomic E-state index is 0.0415. The molecule has 5 rings (SSSR count). The standard InChI is InChI=1S/C22H23NO7/c24-15-12-23(21(25)11-14-4-5-17-20(10-14)29-13-28-17)7-6-16(15)30-19-3-1-2-18-22(19)27-9-8-26-18/h1-5,10,15-16,24H,6-9,11-13H2/t15-,16-/m1/s1. The highest BCUT2D eigenvalue weighted by atomic mass is 16.7. The van der Waals surface area contributed by atoms with Crippen LogP contribution < -0.4 is 23.7 Å². The minimum atomic E-state index is -0.792. The van der Waals surface area contributed by atoms with Gasteiger partial charge in [0.1, 0.15) is 25.4 Å². The Morgan fingerprint density at radius 2 is 1.93 bits per heavy atom. The van der Waals surface area contributed by atoms with Gasteiger partial charge < -0.3 is 33.7 Å².